The average molecular weight is 194 g/mol. The topological polar surface area (TPSA) is 62.2 Å². The predicted octanol–water partition coefficient (Wildman–Crippen LogP) is 0.953. The highest BCUT2D eigenvalue weighted by atomic mass is 16.4. The molecule has 0 saturated carbocycles. The number of aliphatic carboxylic acids is 1. The normalized spacial score (nSPS) is 12.4. The molecular weight excluding hydrogens is 180 g/mol. The van der Waals surface area contributed by atoms with E-state index in [9.17, 15) is 4.79 Å². The first-order chi connectivity index (χ1) is 6.61. The van der Waals surface area contributed by atoms with Crippen LogP contribution >= 0.6 is 0 Å². The Kier molecular flexibility index (Phi) is 3.59. The summed E-state index contributed by atoms with van der Waals surface area (Å²) in [5, 5.41) is 11.6. The van der Waals surface area contributed by atoms with E-state index < -0.39 is 12.0 Å². The number of carbonyl (C=O) groups is 1. The average Bonchev–Trinajstić information content (AvgIpc) is 2.16. The molecule has 1 aromatic rings. The molecule has 2 N–H and O–H groups in total. The van der Waals surface area contributed by atoms with Gasteiger partial charge in [-0.2, -0.15) is 0 Å². The van der Waals surface area contributed by atoms with Crippen molar-refractivity contribution in [3.63, 3.8) is 0 Å². The van der Waals surface area contributed by atoms with Crippen molar-refractivity contribution in [1.82, 2.24) is 10.3 Å². The number of nitrogens with zero attached hydrogens (tertiary/aromatic N) is 1. The van der Waals surface area contributed by atoms with Crippen LogP contribution in [0.1, 0.15) is 18.1 Å². The van der Waals surface area contributed by atoms with Crippen LogP contribution < -0.4 is 5.32 Å². The second-order valence-corrected chi connectivity index (χ2v) is 3.24. The number of aromatic nitrogens is 1. The molecule has 0 radical (unpaired) electrons. The molecule has 0 aliphatic carbocycles. The minimum Gasteiger partial charge on any atom is -0.480 e. The zero-order chi connectivity index (χ0) is 10.6. The van der Waals surface area contributed by atoms with E-state index in [2.05, 4.69) is 10.3 Å². The summed E-state index contributed by atoms with van der Waals surface area (Å²) in [5.41, 5.74) is 2.14. The third-order valence-corrected chi connectivity index (χ3v) is 2.11. The fourth-order valence-corrected chi connectivity index (χ4v) is 1.05. The Morgan fingerprint density at radius 3 is 3.00 bits per heavy atom. The van der Waals surface area contributed by atoms with Crippen molar-refractivity contribution in [1.29, 1.82) is 0 Å². The third kappa shape index (κ3) is 2.81. The number of hydrogen-bond donors (Lipinski definition) is 2. The van der Waals surface area contributed by atoms with E-state index in [-0.39, 0.29) is 0 Å². The highest BCUT2D eigenvalue weighted by molar-refractivity contribution is 5.72. The molecule has 14 heavy (non-hydrogen) atoms. The van der Waals surface area contributed by atoms with Crippen LogP contribution in [0.5, 0.6) is 0 Å². The molecule has 0 saturated heterocycles. The van der Waals surface area contributed by atoms with E-state index in [1.807, 2.05) is 13.0 Å². The molecule has 1 rings (SSSR count). The lowest BCUT2D eigenvalue weighted by molar-refractivity contribution is -0.139. The maximum atomic E-state index is 10.5. The molecule has 0 spiro atoms. The Morgan fingerprint density at radius 1 is 1.71 bits per heavy atom. The first kappa shape index (κ1) is 10.7. The maximum Gasteiger partial charge on any atom is 0.320 e. The molecule has 1 atom stereocenters. The summed E-state index contributed by atoms with van der Waals surface area (Å²) < 4.78 is 0. The highest BCUT2D eigenvalue weighted by Gasteiger charge is 2.09. The Morgan fingerprint density at radius 2 is 2.43 bits per heavy atom. The van der Waals surface area contributed by atoms with Crippen LogP contribution in [0.4, 0.5) is 0 Å². The smallest absolute Gasteiger partial charge is 0.320 e. The van der Waals surface area contributed by atoms with Crippen LogP contribution in [0.25, 0.3) is 0 Å². The highest BCUT2D eigenvalue weighted by Crippen LogP contribution is 2.04. The van der Waals surface area contributed by atoms with Crippen LogP contribution in [0.2, 0.25) is 0 Å². The van der Waals surface area contributed by atoms with Gasteiger partial charge >= 0.3 is 5.97 Å². The summed E-state index contributed by atoms with van der Waals surface area (Å²) in [6.07, 6.45) is 3.47. The Bertz CT molecular complexity index is 326. The van der Waals surface area contributed by atoms with E-state index in [0.29, 0.717) is 6.54 Å². The molecule has 0 aliphatic rings. The molecule has 0 aliphatic heterocycles. The van der Waals surface area contributed by atoms with Crippen molar-refractivity contribution in [2.75, 3.05) is 0 Å². The Labute approximate surface area is 83.0 Å². The van der Waals surface area contributed by atoms with Gasteiger partial charge in [-0.3, -0.25) is 9.78 Å². The van der Waals surface area contributed by atoms with Gasteiger partial charge in [-0.1, -0.05) is 0 Å². The minimum absolute atomic E-state index is 0.525. The van der Waals surface area contributed by atoms with Gasteiger partial charge in [0.1, 0.15) is 6.04 Å². The summed E-state index contributed by atoms with van der Waals surface area (Å²) in [7, 11) is 0. The van der Waals surface area contributed by atoms with Gasteiger partial charge in [-0.05, 0) is 31.0 Å². The molecule has 1 heterocycles. The van der Waals surface area contributed by atoms with Gasteiger partial charge in [0.2, 0.25) is 0 Å². The van der Waals surface area contributed by atoms with Crippen LogP contribution in [-0.4, -0.2) is 22.1 Å². The van der Waals surface area contributed by atoms with Gasteiger partial charge in [0, 0.05) is 18.9 Å². The minimum atomic E-state index is -0.836. The lowest BCUT2D eigenvalue weighted by atomic mass is 10.1. The number of carboxylic acids is 1. The lowest BCUT2D eigenvalue weighted by Crippen LogP contribution is -2.33. The fourth-order valence-electron chi connectivity index (χ4n) is 1.05. The van der Waals surface area contributed by atoms with Crippen LogP contribution in [0.3, 0.4) is 0 Å². The first-order valence-electron chi connectivity index (χ1n) is 4.47. The van der Waals surface area contributed by atoms with Crippen molar-refractivity contribution in [3.8, 4) is 0 Å². The van der Waals surface area contributed by atoms with E-state index in [0.717, 1.165) is 11.1 Å². The maximum absolute atomic E-state index is 10.5. The largest absolute Gasteiger partial charge is 0.480 e. The lowest BCUT2D eigenvalue weighted by Gasteiger charge is -2.10. The summed E-state index contributed by atoms with van der Waals surface area (Å²) in [5.74, 6) is -0.836. The molecule has 0 bridgehead atoms. The summed E-state index contributed by atoms with van der Waals surface area (Å²) >= 11 is 0. The van der Waals surface area contributed by atoms with Crippen molar-refractivity contribution in [2.24, 2.45) is 0 Å². The summed E-state index contributed by atoms with van der Waals surface area (Å²) in [6, 6.07) is 1.36. The van der Waals surface area contributed by atoms with Crippen LogP contribution in [0, 0.1) is 6.92 Å². The quantitative estimate of drug-likeness (QED) is 0.749. The molecule has 0 aromatic carbocycles. The van der Waals surface area contributed by atoms with Gasteiger partial charge < -0.3 is 10.4 Å². The first-order valence-corrected chi connectivity index (χ1v) is 4.47. The zero-order valence-corrected chi connectivity index (χ0v) is 8.32. The third-order valence-electron chi connectivity index (χ3n) is 2.11. The number of rotatable bonds is 4. The van der Waals surface area contributed by atoms with Gasteiger partial charge in [0.05, 0.1) is 0 Å². The fraction of sp³-hybridized carbons (Fsp3) is 0.400. The molecule has 0 amide bonds. The second kappa shape index (κ2) is 4.72. The van der Waals surface area contributed by atoms with Crippen molar-refractivity contribution in [3.05, 3.63) is 29.6 Å². The molecule has 76 valence electrons. The molecule has 4 nitrogen and oxygen atoms in total. The Hall–Kier alpha value is -1.42. The van der Waals surface area contributed by atoms with Gasteiger partial charge in [0.15, 0.2) is 0 Å². The number of carboxylic acid groups (broad SMARTS) is 1. The van der Waals surface area contributed by atoms with Gasteiger partial charge in [-0.25, -0.2) is 0 Å². The molecule has 4 heteroatoms. The summed E-state index contributed by atoms with van der Waals surface area (Å²) in [6.45, 7) is 4.14. The second-order valence-electron chi connectivity index (χ2n) is 3.24. The molecule has 1 unspecified atom stereocenters. The van der Waals surface area contributed by atoms with Crippen molar-refractivity contribution in [2.45, 2.75) is 26.4 Å². The van der Waals surface area contributed by atoms with Crippen molar-refractivity contribution >= 4 is 5.97 Å². The van der Waals surface area contributed by atoms with E-state index in [4.69, 9.17) is 5.11 Å². The van der Waals surface area contributed by atoms with Crippen LogP contribution in [-0.2, 0) is 11.3 Å². The standard InChI is InChI=1S/C10H14N2O2/c1-7-5-11-4-3-9(7)6-12-8(2)10(13)14/h3-5,8,12H,6H2,1-2H3,(H,13,14). The van der Waals surface area contributed by atoms with E-state index >= 15 is 0 Å². The molecular formula is C10H14N2O2. The van der Waals surface area contributed by atoms with E-state index in [1.54, 1.807) is 19.3 Å². The number of nitrogens with one attached hydrogen (secondary N) is 1. The monoisotopic (exact) mass is 194 g/mol. The van der Waals surface area contributed by atoms with Crippen LogP contribution in [0.15, 0.2) is 18.5 Å². The molecule has 1 aromatic heterocycles. The Balaban J connectivity index is 2.54. The predicted molar refractivity (Wildman–Crippen MR) is 52.9 cm³/mol. The van der Waals surface area contributed by atoms with E-state index in [1.165, 1.54) is 0 Å². The van der Waals surface area contributed by atoms with Gasteiger partial charge in [-0.15, -0.1) is 0 Å². The van der Waals surface area contributed by atoms with Gasteiger partial charge in [0.25, 0.3) is 0 Å². The summed E-state index contributed by atoms with van der Waals surface area (Å²) in [4.78, 5) is 14.5. The number of pyridine rings is 1. The van der Waals surface area contributed by atoms with Crippen molar-refractivity contribution < 1.29 is 9.90 Å². The SMILES string of the molecule is Cc1cnccc1CNC(C)C(=O)O. The zero-order valence-electron chi connectivity index (χ0n) is 8.32. The number of hydrogen-bond acceptors (Lipinski definition) is 3. The number of aryl methyl sites for hydroxylation is 1. The molecule has 0 fully saturated rings.